The molecule has 0 saturated heterocycles. The molecular formula is C39H29N. The van der Waals surface area contributed by atoms with Gasteiger partial charge in [-0.3, -0.25) is 0 Å². The Kier molecular flexibility index (Phi) is 4.93. The lowest BCUT2D eigenvalue weighted by molar-refractivity contribution is 0.794. The van der Waals surface area contributed by atoms with E-state index in [1.165, 1.54) is 72.7 Å². The van der Waals surface area contributed by atoms with E-state index < -0.39 is 0 Å². The molecule has 0 aliphatic heterocycles. The number of nitrogens with zero attached hydrogens (tertiary/aromatic N) is 1. The molecule has 0 bridgehead atoms. The maximum absolute atomic E-state index is 2.41. The molecule has 0 heterocycles. The fraction of sp³-hybridized carbons (Fsp3) is 0.0769. The van der Waals surface area contributed by atoms with Crippen LogP contribution in [0.3, 0.4) is 0 Å². The normalized spacial score (nSPS) is 13.4. The third kappa shape index (κ3) is 3.09. The van der Waals surface area contributed by atoms with Crippen molar-refractivity contribution in [3.63, 3.8) is 0 Å². The molecule has 0 fully saturated rings. The predicted molar refractivity (Wildman–Crippen MR) is 167 cm³/mol. The van der Waals surface area contributed by atoms with Gasteiger partial charge in [0.25, 0.3) is 0 Å². The van der Waals surface area contributed by atoms with Crippen molar-refractivity contribution in [3.8, 4) is 22.3 Å². The van der Waals surface area contributed by atoms with E-state index in [-0.39, 0.29) is 5.41 Å². The van der Waals surface area contributed by atoms with Gasteiger partial charge in [-0.05, 0) is 106 Å². The van der Waals surface area contributed by atoms with Gasteiger partial charge in [0.2, 0.25) is 0 Å². The first-order valence-electron chi connectivity index (χ1n) is 14.0. The topological polar surface area (TPSA) is 3.24 Å². The molecule has 0 unspecified atom stereocenters. The van der Waals surface area contributed by atoms with Gasteiger partial charge in [0, 0.05) is 17.1 Å². The van der Waals surface area contributed by atoms with Gasteiger partial charge in [0.05, 0.1) is 5.41 Å². The number of rotatable bonds is 3. The number of fused-ring (bicyclic) bond motifs is 10. The Morgan fingerprint density at radius 1 is 0.375 bits per heavy atom. The fourth-order valence-electron chi connectivity index (χ4n) is 7.21. The van der Waals surface area contributed by atoms with Crippen LogP contribution in [-0.4, -0.2) is 0 Å². The summed E-state index contributed by atoms with van der Waals surface area (Å²) in [7, 11) is 0. The molecule has 2 aliphatic rings. The highest BCUT2D eigenvalue weighted by Crippen LogP contribution is 2.63. The second-order valence-electron chi connectivity index (χ2n) is 11.1. The Hall–Kier alpha value is -4.88. The summed E-state index contributed by atoms with van der Waals surface area (Å²) >= 11 is 0. The molecule has 1 spiro atoms. The molecule has 40 heavy (non-hydrogen) atoms. The summed E-state index contributed by atoms with van der Waals surface area (Å²) in [4.78, 5) is 2.39. The summed E-state index contributed by atoms with van der Waals surface area (Å²) in [5, 5.41) is 0. The highest BCUT2D eigenvalue weighted by Gasteiger charge is 2.51. The molecule has 0 atom stereocenters. The number of hydrogen-bond acceptors (Lipinski definition) is 1. The molecule has 1 heteroatoms. The van der Waals surface area contributed by atoms with E-state index in [1.807, 2.05) is 0 Å². The number of anilines is 3. The van der Waals surface area contributed by atoms with Gasteiger partial charge in [-0.2, -0.15) is 0 Å². The SMILES string of the molecule is Cc1cccc(N(c2cccc(C)c2)c2ccc3c(c2)-c2ccccc2C32c3ccccc3-c3ccccc32)c1. The first kappa shape index (κ1) is 23.0. The highest BCUT2D eigenvalue weighted by atomic mass is 15.1. The van der Waals surface area contributed by atoms with Crippen LogP contribution in [-0.2, 0) is 5.41 Å². The molecule has 0 N–H and O–H groups in total. The second kappa shape index (κ2) is 8.56. The van der Waals surface area contributed by atoms with Crippen molar-refractivity contribution >= 4 is 17.1 Å². The molecule has 0 aromatic heterocycles. The molecule has 6 aromatic rings. The smallest absolute Gasteiger partial charge is 0.0725 e. The Balaban J connectivity index is 1.42. The first-order chi connectivity index (χ1) is 19.7. The van der Waals surface area contributed by atoms with Gasteiger partial charge in [-0.1, -0.05) is 103 Å². The Morgan fingerprint density at radius 2 is 0.800 bits per heavy atom. The van der Waals surface area contributed by atoms with E-state index >= 15 is 0 Å². The van der Waals surface area contributed by atoms with E-state index in [4.69, 9.17) is 0 Å². The quantitative estimate of drug-likeness (QED) is 0.228. The van der Waals surface area contributed by atoms with Gasteiger partial charge in [0.1, 0.15) is 0 Å². The molecule has 2 aliphatic carbocycles. The van der Waals surface area contributed by atoms with Gasteiger partial charge < -0.3 is 4.90 Å². The van der Waals surface area contributed by atoms with Crippen molar-refractivity contribution in [1.29, 1.82) is 0 Å². The maximum Gasteiger partial charge on any atom is 0.0725 e. The molecule has 8 rings (SSSR count). The van der Waals surface area contributed by atoms with Crippen molar-refractivity contribution in [3.05, 3.63) is 173 Å². The lowest BCUT2D eigenvalue weighted by Crippen LogP contribution is -2.25. The van der Waals surface area contributed by atoms with Crippen molar-refractivity contribution < 1.29 is 0 Å². The van der Waals surface area contributed by atoms with E-state index in [2.05, 4.69) is 158 Å². The second-order valence-corrected chi connectivity index (χ2v) is 11.1. The summed E-state index contributed by atoms with van der Waals surface area (Å²) < 4.78 is 0. The van der Waals surface area contributed by atoms with E-state index in [9.17, 15) is 0 Å². The van der Waals surface area contributed by atoms with E-state index in [0.717, 1.165) is 0 Å². The Bertz CT molecular complexity index is 1850. The summed E-state index contributed by atoms with van der Waals surface area (Å²) in [5.74, 6) is 0. The van der Waals surface area contributed by atoms with Crippen LogP contribution < -0.4 is 4.90 Å². The molecule has 0 radical (unpaired) electrons. The fourth-order valence-corrected chi connectivity index (χ4v) is 7.21. The lowest BCUT2D eigenvalue weighted by atomic mass is 9.70. The number of hydrogen-bond donors (Lipinski definition) is 0. The monoisotopic (exact) mass is 511 g/mol. The lowest BCUT2D eigenvalue weighted by Gasteiger charge is -2.31. The summed E-state index contributed by atoms with van der Waals surface area (Å²) in [5.41, 5.74) is 16.5. The third-order valence-corrected chi connectivity index (χ3v) is 8.76. The minimum Gasteiger partial charge on any atom is -0.310 e. The van der Waals surface area contributed by atoms with Crippen molar-refractivity contribution in [2.24, 2.45) is 0 Å². The van der Waals surface area contributed by atoms with Gasteiger partial charge in [-0.15, -0.1) is 0 Å². The summed E-state index contributed by atoms with van der Waals surface area (Å²) in [6, 6.07) is 51.7. The van der Waals surface area contributed by atoms with Crippen molar-refractivity contribution in [2.45, 2.75) is 19.3 Å². The third-order valence-electron chi connectivity index (χ3n) is 8.76. The Morgan fingerprint density at radius 3 is 1.30 bits per heavy atom. The predicted octanol–water partition coefficient (Wildman–Crippen LogP) is 10.1. The van der Waals surface area contributed by atoms with E-state index in [0.29, 0.717) is 0 Å². The van der Waals surface area contributed by atoms with Crippen molar-refractivity contribution in [1.82, 2.24) is 0 Å². The van der Waals surface area contributed by atoms with Crippen LogP contribution in [0.4, 0.5) is 17.1 Å². The Labute approximate surface area is 236 Å². The molecule has 190 valence electrons. The van der Waals surface area contributed by atoms with Gasteiger partial charge in [-0.25, -0.2) is 0 Å². The number of aryl methyl sites for hydroxylation is 2. The summed E-state index contributed by atoms with van der Waals surface area (Å²) in [6.07, 6.45) is 0. The molecule has 1 nitrogen and oxygen atoms in total. The average Bonchev–Trinajstić information content (AvgIpc) is 3.45. The zero-order valence-electron chi connectivity index (χ0n) is 22.7. The zero-order valence-corrected chi connectivity index (χ0v) is 22.7. The highest BCUT2D eigenvalue weighted by molar-refractivity contribution is 5.96. The van der Waals surface area contributed by atoms with E-state index in [1.54, 1.807) is 0 Å². The minimum atomic E-state index is -0.310. The molecule has 6 aromatic carbocycles. The van der Waals surface area contributed by atoms with Gasteiger partial charge >= 0.3 is 0 Å². The minimum absolute atomic E-state index is 0.310. The number of benzene rings is 6. The van der Waals surface area contributed by atoms with Gasteiger partial charge in [0.15, 0.2) is 0 Å². The molecule has 0 amide bonds. The van der Waals surface area contributed by atoms with Crippen LogP contribution in [0, 0.1) is 13.8 Å². The zero-order chi connectivity index (χ0) is 26.8. The van der Waals surface area contributed by atoms with Crippen LogP contribution in [0.15, 0.2) is 140 Å². The largest absolute Gasteiger partial charge is 0.310 e. The molecule has 0 saturated carbocycles. The maximum atomic E-state index is 2.41. The van der Waals surface area contributed by atoms with Crippen LogP contribution >= 0.6 is 0 Å². The van der Waals surface area contributed by atoms with Crippen LogP contribution in [0.5, 0.6) is 0 Å². The van der Waals surface area contributed by atoms with Crippen LogP contribution in [0.1, 0.15) is 33.4 Å². The average molecular weight is 512 g/mol. The molecular weight excluding hydrogens is 482 g/mol. The van der Waals surface area contributed by atoms with Crippen LogP contribution in [0.2, 0.25) is 0 Å². The summed E-state index contributed by atoms with van der Waals surface area (Å²) in [6.45, 7) is 4.32. The standard InChI is InChI=1S/C39H29N/c1-26-11-9-13-28(23-26)40(29-14-10-12-27(2)24-29)30-21-22-38-34(25-30)33-17-5-8-20-37(33)39(38)35-18-6-3-15-31(35)32-16-4-7-19-36(32)39/h3-25H,1-2H3. The van der Waals surface area contributed by atoms with Crippen molar-refractivity contribution in [2.75, 3.05) is 4.90 Å². The van der Waals surface area contributed by atoms with Crippen LogP contribution in [0.25, 0.3) is 22.3 Å². The first-order valence-corrected chi connectivity index (χ1v) is 14.0.